The topological polar surface area (TPSA) is 29.9 Å². The van der Waals surface area contributed by atoms with Crippen LogP contribution in [0.1, 0.15) is 23.7 Å². The predicted octanol–water partition coefficient (Wildman–Crippen LogP) is 3.73. The fourth-order valence-corrected chi connectivity index (χ4v) is 3.08. The second-order valence-electron chi connectivity index (χ2n) is 4.53. The fourth-order valence-electron chi connectivity index (χ4n) is 2.19. The van der Waals surface area contributed by atoms with Gasteiger partial charge in [0, 0.05) is 34.5 Å². The van der Waals surface area contributed by atoms with Crippen LogP contribution in [-0.2, 0) is 13.5 Å². The molecule has 0 fully saturated rings. The van der Waals surface area contributed by atoms with Crippen molar-refractivity contribution in [2.75, 3.05) is 7.05 Å². The molecule has 0 aliphatic rings. The van der Waals surface area contributed by atoms with Crippen LogP contribution in [0.5, 0.6) is 0 Å². The maximum Gasteiger partial charge on any atom is 0.0492 e. The molecule has 0 radical (unpaired) electrons. The number of aromatic nitrogens is 2. The van der Waals surface area contributed by atoms with Crippen molar-refractivity contribution in [2.45, 2.75) is 18.9 Å². The van der Waals surface area contributed by atoms with E-state index >= 15 is 0 Å². The molecule has 0 amide bonds. The molecule has 1 heterocycles. The highest BCUT2D eigenvalue weighted by molar-refractivity contribution is 9.10. The van der Waals surface area contributed by atoms with Gasteiger partial charge < -0.3 is 5.32 Å². The summed E-state index contributed by atoms with van der Waals surface area (Å²) in [6, 6.07) is 8.36. The summed E-state index contributed by atoms with van der Waals surface area (Å²) in [5, 5.41) is 8.29. The number of aryl methyl sites for hydroxylation is 2. The first-order chi connectivity index (χ1) is 9.10. The maximum atomic E-state index is 6.10. The van der Waals surface area contributed by atoms with E-state index in [0.717, 1.165) is 22.3 Å². The van der Waals surface area contributed by atoms with Gasteiger partial charge in [0.1, 0.15) is 0 Å². The number of benzene rings is 1. The van der Waals surface area contributed by atoms with Gasteiger partial charge in [-0.25, -0.2) is 0 Å². The Hall–Kier alpha value is -0.840. The van der Waals surface area contributed by atoms with Gasteiger partial charge in [0.25, 0.3) is 0 Å². The van der Waals surface area contributed by atoms with Crippen LogP contribution in [0.4, 0.5) is 0 Å². The Balaban J connectivity index is 2.09. The van der Waals surface area contributed by atoms with Gasteiger partial charge in [0.2, 0.25) is 0 Å². The third-order valence-electron chi connectivity index (χ3n) is 3.25. The van der Waals surface area contributed by atoms with Crippen molar-refractivity contribution in [3.63, 3.8) is 0 Å². The minimum Gasteiger partial charge on any atom is -0.313 e. The molecule has 102 valence electrons. The molecule has 1 atom stereocenters. The maximum absolute atomic E-state index is 6.10. The van der Waals surface area contributed by atoms with E-state index in [9.17, 15) is 0 Å². The zero-order valence-electron chi connectivity index (χ0n) is 11.0. The number of hydrogen-bond donors (Lipinski definition) is 1. The lowest BCUT2D eigenvalue weighted by Gasteiger charge is -2.17. The number of hydrogen-bond acceptors (Lipinski definition) is 2. The molecular formula is C14H17BrClN3. The number of halogens is 2. The van der Waals surface area contributed by atoms with Crippen molar-refractivity contribution in [2.24, 2.45) is 7.05 Å². The second-order valence-corrected chi connectivity index (χ2v) is 5.88. The summed E-state index contributed by atoms with van der Waals surface area (Å²) in [7, 11) is 3.95. The summed E-state index contributed by atoms with van der Waals surface area (Å²) in [4.78, 5) is 0. The number of rotatable bonds is 5. The lowest BCUT2D eigenvalue weighted by molar-refractivity contribution is 0.535. The monoisotopic (exact) mass is 341 g/mol. The van der Waals surface area contributed by atoms with Gasteiger partial charge in [-0.2, -0.15) is 5.10 Å². The van der Waals surface area contributed by atoms with E-state index in [-0.39, 0.29) is 6.04 Å². The Morgan fingerprint density at radius 3 is 2.79 bits per heavy atom. The van der Waals surface area contributed by atoms with Crippen LogP contribution in [0.25, 0.3) is 0 Å². The highest BCUT2D eigenvalue weighted by Gasteiger charge is 2.12. The zero-order valence-corrected chi connectivity index (χ0v) is 13.4. The molecule has 0 aliphatic heterocycles. The van der Waals surface area contributed by atoms with Gasteiger partial charge in [-0.1, -0.05) is 27.5 Å². The van der Waals surface area contributed by atoms with Crippen molar-refractivity contribution >= 4 is 27.5 Å². The SMILES string of the molecule is CNC(CCc1ccnn1C)c1cc(Cl)cc(Br)c1. The summed E-state index contributed by atoms with van der Waals surface area (Å²) < 4.78 is 2.93. The minimum atomic E-state index is 0.282. The average Bonchev–Trinajstić information content (AvgIpc) is 2.75. The molecule has 19 heavy (non-hydrogen) atoms. The smallest absolute Gasteiger partial charge is 0.0492 e. The summed E-state index contributed by atoms with van der Waals surface area (Å²) in [6.45, 7) is 0. The van der Waals surface area contributed by atoms with Gasteiger partial charge in [-0.15, -0.1) is 0 Å². The Labute approximate surface area is 127 Å². The molecular weight excluding hydrogens is 326 g/mol. The van der Waals surface area contributed by atoms with E-state index in [1.165, 1.54) is 11.3 Å². The number of nitrogens with zero attached hydrogens (tertiary/aromatic N) is 2. The highest BCUT2D eigenvalue weighted by Crippen LogP contribution is 2.26. The third-order valence-corrected chi connectivity index (χ3v) is 3.92. The molecule has 0 bridgehead atoms. The first-order valence-electron chi connectivity index (χ1n) is 6.20. The van der Waals surface area contributed by atoms with Crippen molar-refractivity contribution in [3.05, 3.63) is 51.2 Å². The number of nitrogens with one attached hydrogen (secondary N) is 1. The van der Waals surface area contributed by atoms with Gasteiger partial charge in [-0.05, 0) is 49.7 Å². The van der Waals surface area contributed by atoms with E-state index in [1.54, 1.807) is 0 Å². The second kappa shape index (κ2) is 6.55. The van der Waals surface area contributed by atoms with Crippen LogP contribution in [0.15, 0.2) is 34.9 Å². The van der Waals surface area contributed by atoms with Crippen LogP contribution in [0, 0.1) is 0 Å². The van der Waals surface area contributed by atoms with E-state index in [4.69, 9.17) is 11.6 Å². The quantitative estimate of drug-likeness (QED) is 0.897. The van der Waals surface area contributed by atoms with E-state index < -0.39 is 0 Å². The van der Waals surface area contributed by atoms with E-state index in [0.29, 0.717) is 0 Å². The molecule has 2 rings (SSSR count). The molecule has 2 aromatic rings. The van der Waals surface area contributed by atoms with Crippen molar-refractivity contribution in [1.29, 1.82) is 0 Å². The van der Waals surface area contributed by atoms with Crippen LogP contribution in [0.3, 0.4) is 0 Å². The summed E-state index contributed by atoms with van der Waals surface area (Å²) in [5.74, 6) is 0. The molecule has 0 saturated heterocycles. The molecule has 1 N–H and O–H groups in total. The molecule has 5 heteroatoms. The highest BCUT2D eigenvalue weighted by atomic mass is 79.9. The standard InChI is InChI=1S/C14H17BrClN3/c1-17-14(4-3-13-5-6-18-19(13)2)10-7-11(15)9-12(16)8-10/h5-9,14,17H,3-4H2,1-2H3. The lowest BCUT2D eigenvalue weighted by atomic mass is 10.0. The molecule has 0 spiro atoms. The Bertz CT molecular complexity index is 533. The average molecular weight is 343 g/mol. The molecule has 1 unspecified atom stereocenters. The predicted molar refractivity (Wildman–Crippen MR) is 82.5 cm³/mol. The van der Waals surface area contributed by atoms with Crippen LogP contribution in [-0.4, -0.2) is 16.8 Å². The normalized spacial score (nSPS) is 12.6. The molecule has 0 saturated carbocycles. The van der Waals surface area contributed by atoms with Gasteiger partial charge >= 0.3 is 0 Å². The first kappa shape index (κ1) is 14.6. The largest absolute Gasteiger partial charge is 0.313 e. The van der Waals surface area contributed by atoms with Crippen molar-refractivity contribution in [3.8, 4) is 0 Å². The molecule has 1 aromatic heterocycles. The fraction of sp³-hybridized carbons (Fsp3) is 0.357. The minimum absolute atomic E-state index is 0.282. The Kier molecular flexibility index (Phi) is 5.02. The van der Waals surface area contributed by atoms with Crippen LogP contribution >= 0.6 is 27.5 Å². The lowest BCUT2D eigenvalue weighted by Crippen LogP contribution is -2.17. The molecule has 3 nitrogen and oxygen atoms in total. The van der Waals surface area contributed by atoms with Gasteiger partial charge in [0.05, 0.1) is 0 Å². The first-order valence-corrected chi connectivity index (χ1v) is 7.37. The van der Waals surface area contributed by atoms with Crippen molar-refractivity contribution in [1.82, 2.24) is 15.1 Å². The molecule has 1 aromatic carbocycles. The van der Waals surface area contributed by atoms with Crippen LogP contribution in [0.2, 0.25) is 5.02 Å². The van der Waals surface area contributed by atoms with E-state index in [1.807, 2.05) is 37.1 Å². The van der Waals surface area contributed by atoms with Gasteiger partial charge in [-0.3, -0.25) is 4.68 Å². The summed E-state index contributed by atoms with van der Waals surface area (Å²) >= 11 is 9.59. The van der Waals surface area contributed by atoms with E-state index in [2.05, 4.69) is 38.5 Å². The third kappa shape index (κ3) is 3.81. The Morgan fingerprint density at radius 1 is 1.42 bits per heavy atom. The van der Waals surface area contributed by atoms with Gasteiger partial charge in [0.15, 0.2) is 0 Å². The Morgan fingerprint density at radius 2 is 2.21 bits per heavy atom. The molecule has 0 aliphatic carbocycles. The summed E-state index contributed by atoms with van der Waals surface area (Å²) in [5.41, 5.74) is 2.44. The van der Waals surface area contributed by atoms with Crippen molar-refractivity contribution < 1.29 is 0 Å². The summed E-state index contributed by atoms with van der Waals surface area (Å²) in [6.07, 6.45) is 3.81. The zero-order chi connectivity index (χ0) is 13.8. The van der Waals surface area contributed by atoms with Crippen LogP contribution < -0.4 is 5.32 Å².